The topological polar surface area (TPSA) is 47.3 Å². The molecular weight excluding hydrogens is 376 g/mol. The van der Waals surface area contributed by atoms with Crippen LogP contribution in [-0.4, -0.2) is 20.9 Å². The second kappa shape index (κ2) is 7.25. The predicted molar refractivity (Wildman–Crippen MR) is 112 cm³/mol. The van der Waals surface area contributed by atoms with Crippen molar-refractivity contribution in [1.82, 2.24) is 0 Å². The molecule has 0 fully saturated rings. The average Bonchev–Trinajstić information content (AvgIpc) is 3.12. The lowest BCUT2D eigenvalue weighted by atomic mass is 10.0. The molecule has 0 aliphatic rings. The molecule has 0 saturated heterocycles. The maximum absolute atomic E-state index is 12.2. The summed E-state index contributed by atoms with van der Waals surface area (Å²) in [6, 6.07) is 23.1. The summed E-state index contributed by atoms with van der Waals surface area (Å²) in [7, 11) is -2.22. The van der Waals surface area contributed by atoms with Crippen LogP contribution in [0.5, 0.6) is 0 Å². The van der Waals surface area contributed by atoms with Crippen LogP contribution < -0.4 is 0 Å². The van der Waals surface area contributed by atoms with Crippen LogP contribution in [0.3, 0.4) is 0 Å². The lowest BCUT2D eigenvalue weighted by molar-refractivity contribution is 0.630. The Morgan fingerprint density at radius 2 is 1.22 bits per heavy atom. The predicted octanol–water partition coefficient (Wildman–Crippen LogP) is 5.24. The fourth-order valence-electron chi connectivity index (χ4n) is 3.27. The first-order chi connectivity index (χ1) is 13.1. The highest BCUT2D eigenvalue weighted by molar-refractivity contribution is 7.84. The van der Waals surface area contributed by atoms with Gasteiger partial charge in [0.2, 0.25) is 0 Å². The number of benzene rings is 3. The van der Waals surface area contributed by atoms with Gasteiger partial charge in [0.05, 0.1) is 21.6 Å². The molecule has 0 amide bonds. The quantitative estimate of drug-likeness (QED) is 0.475. The number of hydrogen-bond acceptors (Lipinski definition) is 3. The van der Waals surface area contributed by atoms with Gasteiger partial charge in [0.15, 0.2) is 0 Å². The number of furan rings is 1. The van der Waals surface area contributed by atoms with E-state index in [2.05, 4.69) is 0 Å². The molecule has 4 rings (SSSR count). The van der Waals surface area contributed by atoms with Crippen molar-refractivity contribution in [2.75, 3.05) is 12.5 Å². The lowest BCUT2D eigenvalue weighted by Gasteiger charge is -2.08. The maximum atomic E-state index is 12.2. The monoisotopic (exact) mass is 394 g/mol. The van der Waals surface area contributed by atoms with E-state index in [1.807, 2.05) is 72.8 Å². The van der Waals surface area contributed by atoms with Gasteiger partial charge in [-0.05, 0) is 18.2 Å². The van der Waals surface area contributed by atoms with Crippen LogP contribution in [0, 0.1) is 0 Å². The molecule has 2 atom stereocenters. The molecule has 0 N–H and O–H groups in total. The third-order valence-corrected chi connectivity index (χ3v) is 6.44. The Kier molecular flexibility index (Phi) is 4.81. The Morgan fingerprint density at radius 1 is 0.667 bits per heavy atom. The van der Waals surface area contributed by atoms with E-state index >= 15 is 0 Å². The van der Waals surface area contributed by atoms with Crippen LogP contribution in [0.15, 0.2) is 87.0 Å². The molecule has 0 saturated carbocycles. The van der Waals surface area contributed by atoms with Gasteiger partial charge in [-0.2, -0.15) is 0 Å². The first-order valence-corrected chi connectivity index (χ1v) is 11.6. The molecule has 3 aromatic carbocycles. The Hall–Kier alpha value is -2.50. The third kappa shape index (κ3) is 3.29. The molecule has 3 nitrogen and oxygen atoms in total. The van der Waals surface area contributed by atoms with Crippen molar-refractivity contribution in [3.8, 4) is 22.5 Å². The number of rotatable bonds is 4. The van der Waals surface area contributed by atoms with Crippen molar-refractivity contribution in [3.63, 3.8) is 0 Å². The van der Waals surface area contributed by atoms with Crippen molar-refractivity contribution in [3.05, 3.63) is 72.8 Å². The van der Waals surface area contributed by atoms with Gasteiger partial charge >= 0.3 is 0 Å². The summed E-state index contributed by atoms with van der Waals surface area (Å²) in [5.74, 6) is 0.679. The Labute approximate surface area is 162 Å². The SMILES string of the molecule is CS(=O)c1ccccc1-c1cc2cccc(-c3ccccc3S(C)=O)c2o1. The zero-order chi connectivity index (χ0) is 19.0. The van der Waals surface area contributed by atoms with E-state index in [4.69, 9.17) is 4.42 Å². The highest BCUT2D eigenvalue weighted by Gasteiger charge is 2.17. The fourth-order valence-corrected chi connectivity index (χ4v) is 4.78. The van der Waals surface area contributed by atoms with Gasteiger partial charge in [0.1, 0.15) is 11.3 Å². The van der Waals surface area contributed by atoms with Gasteiger partial charge in [0.25, 0.3) is 0 Å². The van der Waals surface area contributed by atoms with Crippen LogP contribution >= 0.6 is 0 Å². The third-order valence-electron chi connectivity index (χ3n) is 4.49. The van der Waals surface area contributed by atoms with E-state index in [1.54, 1.807) is 12.5 Å². The van der Waals surface area contributed by atoms with Crippen molar-refractivity contribution in [1.29, 1.82) is 0 Å². The van der Waals surface area contributed by atoms with Crippen LogP contribution in [0.2, 0.25) is 0 Å². The smallest absolute Gasteiger partial charge is 0.142 e. The van der Waals surface area contributed by atoms with Crippen LogP contribution in [-0.2, 0) is 21.6 Å². The molecule has 4 aromatic rings. The molecule has 1 aromatic heterocycles. The second-order valence-electron chi connectivity index (χ2n) is 6.24. The standard InChI is InChI=1S/C22H18O3S2/c1-26(23)20-12-5-3-9-16(20)17-11-7-8-15-14-19(25-22(15)17)18-10-4-6-13-21(18)27(2)24/h3-14H,1-2H3. The molecule has 0 aliphatic heterocycles. The minimum absolute atomic E-state index is 0.679. The summed E-state index contributed by atoms with van der Waals surface area (Å²) in [6.07, 6.45) is 3.35. The highest BCUT2D eigenvalue weighted by atomic mass is 32.2. The fraction of sp³-hybridized carbons (Fsp3) is 0.0909. The molecule has 27 heavy (non-hydrogen) atoms. The highest BCUT2D eigenvalue weighted by Crippen LogP contribution is 2.37. The molecule has 136 valence electrons. The Morgan fingerprint density at radius 3 is 1.89 bits per heavy atom. The summed E-state index contributed by atoms with van der Waals surface area (Å²) in [6.45, 7) is 0. The van der Waals surface area contributed by atoms with E-state index in [1.165, 1.54) is 0 Å². The largest absolute Gasteiger partial charge is 0.455 e. The van der Waals surface area contributed by atoms with E-state index in [0.717, 1.165) is 37.5 Å². The average molecular weight is 395 g/mol. The second-order valence-corrected chi connectivity index (χ2v) is 8.93. The number of fused-ring (bicyclic) bond motifs is 1. The molecule has 2 unspecified atom stereocenters. The van der Waals surface area contributed by atoms with Gasteiger partial charge in [-0.3, -0.25) is 8.42 Å². The van der Waals surface area contributed by atoms with E-state index in [0.29, 0.717) is 5.76 Å². The first-order valence-electron chi connectivity index (χ1n) is 8.44. The number of hydrogen-bond donors (Lipinski definition) is 0. The summed E-state index contributed by atoms with van der Waals surface area (Å²) < 4.78 is 30.5. The van der Waals surface area contributed by atoms with Gasteiger partial charge in [0, 0.05) is 44.4 Å². The van der Waals surface area contributed by atoms with E-state index in [9.17, 15) is 8.42 Å². The van der Waals surface area contributed by atoms with Crippen LogP contribution in [0.1, 0.15) is 0 Å². The van der Waals surface area contributed by atoms with Crippen LogP contribution in [0.25, 0.3) is 33.4 Å². The van der Waals surface area contributed by atoms with Crippen molar-refractivity contribution in [2.45, 2.75) is 9.79 Å². The molecule has 0 spiro atoms. The minimum Gasteiger partial charge on any atom is -0.455 e. The normalized spacial score (nSPS) is 13.6. The molecular formula is C22H18O3S2. The molecule has 1 heterocycles. The van der Waals surface area contributed by atoms with Crippen molar-refractivity contribution >= 4 is 32.6 Å². The summed E-state index contributed by atoms with van der Waals surface area (Å²) in [5.41, 5.74) is 3.37. The van der Waals surface area contributed by atoms with E-state index < -0.39 is 21.6 Å². The lowest BCUT2D eigenvalue weighted by Crippen LogP contribution is -1.92. The van der Waals surface area contributed by atoms with E-state index in [-0.39, 0.29) is 0 Å². The zero-order valence-electron chi connectivity index (χ0n) is 15.0. The Bertz CT molecular complexity index is 1190. The molecule has 0 aliphatic carbocycles. The summed E-state index contributed by atoms with van der Waals surface area (Å²) in [5, 5.41) is 0.955. The molecule has 0 radical (unpaired) electrons. The molecule has 5 heteroatoms. The van der Waals surface area contributed by atoms with Crippen LogP contribution in [0.4, 0.5) is 0 Å². The number of para-hydroxylation sites is 1. The maximum Gasteiger partial charge on any atom is 0.142 e. The first kappa shape index (κ1) is 17.9. The Balaban J connectivity index is 1.96. The zero-order valence-corrected chi connectivity index (χ0v) is 16.6. The van der Waals surface area contributed by atoms with Crippen molar-refractivity contribution in [2.24, 2.45) is 0 Å². The van der Waals surface area contributed by atoms with Gasteiger partial charge < -0.3 is 4.42 Å². The minimum atomic E-state index is -1.11. The van der Waals surface area contributed by atoms with Crippen molar-refractivity contribution < 1.29 is 12.8 Å². The van der Waals surface area contributed by atoms with Gasteiger partial charge in [-0.25, -0.2) is 0 Å². The van der Waals surface area contributed by atoms with Gasteiger partial charge in [-0.15, -0.1) is 0 Å². The molecule has 0 bridgehead atoms. The summed E-state index contributed by atoms with van der Waals surface area (Å²) in [4.78, 5) is 1.52. The van der Waals surface area contributed by atoms with Gasteiger partial charge in [-0.1, -0.05) is 54.6 Å². The summed E-state index contributed by atoms with van der Waals surface area (Å²) >= 11 is 0.